The highest BCUT2D eigenvalue weighted by molar-refractivity contribution is 7.99. The molecule has 7 heteroatoms. The van der Waals surface area contributed by atoms with Crippen LogP contribution in [0.2, 0.25) is 0 Å². The lowest BCUT2D eigenvalue weighted by Crippen LogP contribution is -2.21. The average molecular weight is 298 g/mol. The van der Waals surface area contributed by atoms with E-state index in [0.29, 0.717) is 11.1 Å². The molecule has 0 amide bonds. The van der Waals surface area contributed by atoms with Gasteiger partial charge in [-0.05, 0) is 11.4 Å². The van der Waals surface area contributed by atoms with Crippen LogP contribution in [0, 0.1) is 5.92 Å². The molecule has 5 nitrogen and oxygen atoms in total. The molecule has 0 saturated heterocycles. The molecule has 0 N–H and O–H groups in total. The molecule has 0 spiro atoms. The van der Waals surface area contributed by atoms with Gasteiger partial charge in [-0.25, -0.2) is 0 Å². The van der Waals surface area contributed by atoms with Crippen molar-refractivity contribution in [2.24, 2.45) is 5.92 Å². The minimum atomic E-state index is -0.238. The predicted octanol–water partition coefficient (Wildman–Crippen LogP) is 3.09. The van der Waals surface area contributed by atoms with Gasteiger partial charge in [0.15, 0.2) is 0 Å². The van der Waals surface area contributed by atoms with Gasteiger partial charge in [-0.1, -0.05) is 31.7 Å². The molecule has 2 heterocycles. The third-order valence-electron chi connectivity index (χ3n) is 2.70. The quantitative estimate of drug-likeness (QED) is 0.624. The van der Waals surface area contributed by atoms with Crippen LogP contribution in [-0.2, 0) is 9.53 Å². The minimum absolute atomic E-state index is 0.00378. The molecule has 0 aliphatic rings. The van der Waals surface area contributed by atoms with Crippen molar-refractivity contribution in [3.8, 4) is 10.8 Å². The molecule has 0 fully saturated rings. The van der Waals surface area contributed by atoms with Crippen LogP contribution in [0.1, 0.15) is 13.8 Å². The second kappa shape index (κ2) is 6.21. The van der Waals surface area contributed by atoms with Crippen LogP contribution in [0.3, 0.4) is 0 Å². The van der Waals surface area contributed by atoms with Crippen molar-refractivity contribution in [1.82, 2.24) is 10.2 Å². The number of esters is 1. The van der Waals surface area contributed by atoms with Crippen molar-refractivity contribution in [3.05, 3.63) is 17.5 Å². The van der Waals surface area contributed by atoms with Crippen molar-refractivity contribution in [2.45, 2.75) is 24.3 Å². The summed E-state index contributed by atoms with van der Waals surface area (Å²) in [5.41, 5.74) is 0. The molecule has 19 heavy (non-hydrogen) atoms. The summed E-state index contributed by atoms with van der Waals surface area (Å²) in [7, 11) is 1.39. The van der Waals surface area contributed by atoms with E-state index in [0.717, 1.165) is 4.88 Å². The second-order valence-corrected chi connectivity index (χ2v) is 6.26. The maximum Gasteiger partial charge on any atom is 0.309 e. The SMILES string of the molecule is COC(=O)C(C)C(C)Sc1nnc(-c2cccs2)o1. The van der Waals surface area contributed by atoms with Crippen LogP contribution in [0.15, 0.2) is 27.2 Å². The largest absolute Gasteiger partial charge is 0.469 e. The lowest BCUT2D eigenvalue weighted by Gasteiger charge is -2.14. The highest BCUT2D eigenvalue weighted by Gasteiger charge is 2.24. The maximum absolute atomic E-state index is 11.4. The van der Waals surface area contributed by atoms with Crippen LogP contribution >= 0.6 is 23.1 Å². The van der Waals surface area contributed by atoms with Crippen molar-refractivity contribution >= 4 is 29.1 Å². The Balaban J connectivity index is 2.02. The number of hydrogen-bond acceptors (Lipinski definition) is 7. The van der Waals surface area contributed by atoms with E-state index in [1.54, 1.807) is 11.3 Å². The second-order valence-electron chi connectivity index (χ2n) is 3.99. The van der Waals surface area contributed by atoms with Gasteiger partial charge in [0.1, 0.15) is 0 Å². The van der Waals surface area contributed by atoms with E-state index in [1.165, 1.54) is 18.9 Å². The summed E-state index contributed by atoms with van der Waals surface area (Å²) in [5.74, 6) is 0.0421. The van der Waals surface area contributed by atoms with Gasteiger partial charge in [-0.15, -0.1) is 21.5 Å². The smallest absolute Gasteiger partial charge is 0.309 e. The fraction of sp³-hybridized carbons (Fsp3) is 0.417. The summed E-state index contributed by atoms with van der Waals surface area (Å²) in [6.45, 7) is 3.75. The standard InChI is InChI=1S/C12H14N2O3S2/c1-7(11(15)16-3)8(2)19-12-14-13-10(17-12)9-5-4-6-18-9/h4-8H,1-3H3. The zero-order valence-corrected chi connectivity index (χ0v) is 12.5. The van der Waals surface area contributed by atoms with Crippen molar-refractivity contribution in [1.29, 1.82) is 0 Å². The normalized spacial score (nSPS) is 14.1. The van der Waals surface area contributed by atoms with E-state index in [9.17, 15) is 4.79 Å². The molecule has 0 bridgehead atoms. The molecular formula is C12H14N2O3S2. The van der Waals surface area contributed by atoms with Crippen LogP contribution in [0.4, 0.5) is 0 Å². The molecule has 2 aromatic heterocycles. The number of methoxy groups -OCH3 is 1. The van der Waals surface area contributed by atoms with Gasteiger partial charge in [0, 0.05) is 5.25 Å². The molecule has 2 unspecified atom stereocenters. The molecule has 102 valence electrons. The first-order valence-electron chi connectivity index (χ1n) is 5.73. The van der Waals surface area contributed by atoms with E-state index in [1.807, 2.05) is 31.4 Å². The summed E-state index contributed by atoms with van der Waals surface area (Å²) in [6, 6.07) is 3.85. The number of nitrogens with zero attached hydrogens (tertiary/aromatic N) is 2. The number of ether oxygens (including phenoxy) is 1. The number of carbonyl (C=O) groups is 1. The van der Waals surface area contributed by atoms with E-state index in [-0.39, 0.29) is 17.1 Å². The molecule has 2 aromatic rings. The van der Waals surface area contributed by atoms with Gasteiger partial charge < -0.3 is 9.15 Å². The number of carbonyl (C=O) groups excluding carboxylic acids is 1. The first-order valence-corrected chi connectivity index (χ1v) is 7.49. The average Bonchev–Trinajstić information content (AvgIpc) is 3.06. The minimum Gasteiger partial charge on any atom is -0.469 e. The Bertz CT molecular complexity index is 539. The molecule has 2 atom stereocenters. The highest BCUT2D eigenvalue weighted by Crippen LogP contribution is 2.31. The molecule has 0 aliphatic carbocycles. The lowest BCUT2D eigenvalue weighted by molar-refractivity contribution is -0.144. The van der Waals surface area contributed by atoms with E-state index >= 15 is 0 Å². The monoisotopic (exact) mass is 298 g/mol. The molecular weight excluding hydrogens is 284 g/mol. The Hall–Kier alpha value is -1.34. The lowest BCUT2D eigenvalue weighted by atomic mass is 10.1. The molecule has 2 rings (SSSR count). The Morgan fingerprint density at radius 3 is 2.89 bits per heavy atom. The van der Waals surface area contributed by atoms with Gasteiger partial charge in [-0.3, -0.25) is 4.79 Å². The summed E-state index contributed by atoms with van der Waals surface area (Å²) >= 11 is 2.92. The van der Waals surface area contributed by atoms with Crippen LogP contribution < -0.4 is 0 Å². The first kappa shape index (κ1) is 14.1. The Morgan fingerprint density at radius 1 is 1.47 bits per heavy atom. The van der Waals surface area contributed by atoms with Crippen molar-refractivity contribution in [3.63, 3.8) is 0 Å². The maximum atomic E-state index is 11.4. The van der Waals surface area contributed by atoms with Gasteiger partial charge in [0.25, 0.3) is 11.1 Å². The summed E-state index contributed by atoms with van der Waals surface area (Å²) in [5, 5.41) is 10.4. The highest BCUT2D eigenvalue weighted by atomic mass is 32.2. The Morgan fingerprint density at radius 2 is 2.26 bits per heavy atom. The summed E-state index contributed by atoms with van der Waals surface area (Å²) < 4.78 is 10.3. The molecule has 0 radical (unpaired) electrons. The van der Waals surface area contributed by atoms with E-state index in [4.69, 9.17) is 9.15 Å². The first-order chi connectivity index (χ1) is 9.11. The van der Waals surface area contributed by atoms with Gasteiger partial charge in [0.2, 0.25) is 0 Å². The van der Waals surface area contributed by atoms with Crippen LogP contribution in [0.25, 0.3) is 10.8 Å². The van der Waals surface area contributed by atoms with E-state index in [2.05, 4.69) is 10.2 Å². The van der Waals surface area contributed by atoms with Gasteiger partial charge in [-0.2, -0.15) is 0 Å². The number of hydrogen-bond donors (Lipinski definition) is 0. The third kappa shape index (κ3) is 3.36. The zero-order valence-electron chi connectivity index (χ0n) is 10.8. The summed E-state index contributed by atoms with van der Waals surface area (Å²) in [6.07, 6.45) is 0. The van der Waals surface area contributed by atoms with Crippen LogP contribution in [0.5, 0.6) is 0 Å². The fourth-order valence-electron chi connectivity index (χ4n) is 1.40. The number of aromatic nitrogens is 2. The van der Waals surface area contributed by atoms with E-state index < -0.39 is 0 Å². The molecule has 0 aromatic carbocycles. The fourth-order valence-corrected chi connectivity index (χ4v) is 2.89. The summed E-state index contributed by atoms with van der Waals surface area (Å²) in [4.78, 5) is 12.4. The predicted molar refractivity (Wildman–Crippen MR) is 74.1 cm³/mol. The van der Waals surface area contributed by atoms with Gasteiger partial charge >= 0.3 is 5.97 Å². The van der Waals surface area contributed by atoms with Crippen molar-refractivity contribution in [2.75, 3.05) is 7.11 Å². The topological polar surface area (TPSA) is 65.2 Å². The van der Waals surface area contributed by atoms with Crippen molar-refractivity contribution < 1.29 is 13.9 Å². The molecule has 0 aliphatic heterocycles. The third-order valence-corrected chi connectivity index (χ3v) is 4.71. The molecule has 0 saturated carbocycles. The number of rotatable bonds is 5. The number of thioether (sulfide) groups is 1. The van der Waals surface area contributed by atoms with Crippen LogP contribution in [-0.4, -0.2) is 28.5 Å². The number of thiophene rings is 1. The zero-order chi connectivity index (χ0) is 13.8. The Labute approximate surface area is 119 Å². The van der Waals surface area contributed by atoms with Gasteiger partial charge in [0.05, 0.1) is 17.9 Å². The Kier molecular flexibility index (Phi) is 4.60.